The zero-order valence-corrected chi connectivity index (χ0v) is 14.9. The first-order valence-corrected chi connectivity index (χ1v) is 8.78. The molecule has 0 amide bonds. The maximum absolute atomic E-state index is 12.0. The minimum atomic E-state index is -1.27. The zero-order valence-electron chi connectivity index (χ0n) is 14.9. The number of ether oxygens (including phenoxy) is 1. The van der Waals surface area contributed by atoms with Gasteiger partial charge in [-0.1, -0.05) is 72.8 Å². The van der Waals surface area contributed by atoms with Crippen molar-refractivity contribution >= 4 is 0 Å². The van der Waals surface area contributed by atoms with E-state index in [1.807, 2.05) is 84.9 Å². The van der Waals surface area contributed by atoms with Crippen LogP contribution < -0.4 is 4.74 Å². The van der Waals surface area contributed by atoms with Gasteiger partial charge in [0.15, 0.2) is 0 Å². The van der Waals surface area contributed by atoms with Gasteiger partial charge in [0, 0.05) is 12.5 Å². The van der Waals surface area contributed by atoms with E-state index in [2.05, 4.69) is 0 Å². The van der Waals surface area contributed by atoms with Gasteiger partial charge in [-0.3, -0.25) is 0 Å². The van der Waals surface area contributed by atoms with E-state index in [9.17, 15) is 10.2 Å². The maximum Gasteiger partial charge on any atom is 0.121 e. The van der Waals surface area contributed by atoms with Gasteiger partial charge in [-0.15, -0.1) is 0 Å². The molecule has 0 saturated heterocycles. The van der Waals surface area contributed by atoms with Crippen LogP contribution in [0.2, 0.25) is 0 Å². The molecule has 0 radical (unpaired) electrons. The van der Waals surface area contributed by atoms with Crippen LogP contribution in [0.5, 0.6) is 5.75 Å². The van der Waals surface area contributed by atoms with E-state index >= 15 is 0 Å². The van der Waals surface area contributed by atoms with Gasteiger partial charge in [0.25, 0.3) is 0 Å². The summed E-state index contributed by atoms with van der Waals surface area (Å²) in [7, 11) is 1.62. The first-order chi connectivity index (χ1) is 12.7. The molecule has 2 atom stereocenters. The fraction of sp³-hybridized carbons (Fsp3) is 0.217. The van der Waals surface area contributed by atoms with Gasteiger partial charge in [-0.2, -0.15) is 0 Å². The first-order valence-electron chi connectivity index (χ1n) is 8.78. The van der Waals surface area contributed by atoms with E-state index in [1.54, 1.807) is 7.11 Å². The van der Waals surface area contributed by atoms with Gasteiger partial charge in [-0.25, -0.2) is 0 Å². The molecular formula is C23H24O3. The van der Waals surface area contributed by atoms with E-state index in [0.717, 1.165) is 22.4 Å². The van der Waals surface area contributed by atoms with Crippen LogP contribution in [-0.4, -0.2) is 23.9 Å². The fourth-order valence-electron chi connectivity index (χ4n) is 3.54. The molecule has 0 saturated carbocycles. The molecule has 3 heteroatoms. The molecule has 3 aromatic carbocycles. The van der Waals surface area contributed by atoms with Gasteiger partial charge in [0.2, 0.25) is 0 Å². The molecule has 3 rings (SSSR count). The van der Waals surface area contributed by atoms with Gasteiger partial charge in [0.05, 0.1) is 7.11 Å². The SMILES string of the molecule is COc1ccc(C(O)(c2ccccc2)C(CCO)c2ccccc2)cc1. The first kappa shape index (κ1) is 18.2. The normalized spacial score (nSPS) is 14.4. The molecule has 0 aromatic heterocycles. The quantitative estimate of drug-likeness (QED) is 0.676. The van der Waals surface area contributed by atoms with Crippen molar-refractivity contribution in [1.29, 1.82) is 0 Å². The Hall–Kier alpha value is -2.62. The lowest BCUT2D eigenvalue weighted by Gasteiger charge is -2.38. The predicted molar refractivity (Wildman–Crippen MR) is 103 cm³/mol. The predicted octanol–water partition coefficient (Wildman–Crippen LogP) is 4.10. The average Bonchev–Trinajstić information content (AvgIpc) is 2.73. The lowest BCUT2D eigenvalue weighted by Crippen LogP contribution is -2.35. The highest BCUT2D eigenvalue weighted by atomic mass is 16.5. The second kappa shape index (κ2) is 8.17. The van der Waals surface area contributed by atoms with E-state index in [0.29, 0.717) is 6.42 Å². The highest BCUT2D eigenvalue weighted by Crippen LogP contribution is 2.44. The summed E-state index contributed by atoms with van der Waals surface area (Å²) in [5, 5.41) is 21.7. The summed E-state index contributed by atoms with van der Waals surface area (Å²) in [4.78, 5) is 0. The van der Waals surface area contributed by atoms with Crippen LogP contribution in [0.4, 0.5) is 0 Å². The Bertz CT molecular complexity index is 800. The Morgan fingerprint density at radius 1 is 0.808 bits per heavy atom. The van der Waals surface area contributed by atoms with E-state index < -0.39 is 5.60 Å². The molecule has 0 heterocycles. The minimum absolute atomic E-state index is 0.00907. The van der Waals surface area contributed by atoms with Crippen LogP contribution in [0.25, 0.3) is 0 Å². The summed E-state index contributed by atoms with van der Waals surface area (Å²) >= 11 is 0. The van der Waals surface area contributed by atoms with Crippen molar-refractivity contribution in [3.63, 3.8) is 0 Å². The summed E-state index contributed by atoms with van der Waals surface area (Å²) in [6.07, 6.45) is 0.446. The topological polar surface area (TPSA) is 49.7 Å². The van der Waals surface area contributed by atoms with Crippen LogP contribution in [0.1, 0.15) is 29.0 Å². The second-order valence-corrected chi connectivity index (χ2v) is 6.34. The molecule has 2 unspecified atom stereocenters. The Balaban J connectivity index is 2.18. The highest BCUT2D eigenvalue weighted by Gasteiger charge is 2.40. The maximum atomic E-state index is 12.0. The summed E-state index contributed by atoms with van der Waals surface area (Å²) in [5.41, 5.74) is 1.29. The van der Waals surface area contributed by atoms with Crippen molar-refractivity contribution in [3.8, 4) is 5.75 Å². The summed E-state index contributed by atoms with van der Waals surface area (Å²) in [6.45, 7) is -0.00907. The van der Waals surface area contributed by atoms with Gasteiger partial charge < -0.3 is 14.9 Å². The van der Waals surface area contributed by atoms with Crippen molar-refractivity contribution < 1.29 is 14.9 Å². The van der Waals surface area contributed by atoms with E-state index in [4.69, 9.17) is 4.74 Å². The minimum Gasteiger partial charge on any atom is -0.497 e. The summed E-state index contributed by atoms with van der Waals surface area (Å²) in [6, 6.07) is 27.0. The van der Waals surface area contributed by atoms with Gasteiger partial charge in [0.1, 0.15) is 11.4 Å². The molecule has 0 bridgehead atoms. The Morgan fingerprint density at radius 3 is 1.88 bits per heavy atom. The average molecular weight is 348 g/mol. The number of hydrogen-bond acceptors (Lipinski definition) is 3. The number of aliphatic hydroxyl groups is 2. The van der Waals surface area contributed by atoms with Crippen molar-refractivity contribution in [2.24, 2.45) is 0 Å². The number of aliphatic hydroxyl groups excluding tert-OH is 1. The zero-order chi connectivity index (χ0) is 18.4. The van der Waals surface area contributed by atoms with Crippen molar-refractivity contribution in [3.05, 3.63) is 102 Å². The molecule has 0 fully saturated rings. The van der Waals surface area contributed by atoms with Gasteiger partial charge >= 0.3 is 0 Å². The molecule has 0 aliphatic carbocycles. The number of rotatable bonds is 7. The smallest absolute Gasteiger partial charge is 0.121 e. The van der Waals surface area contributed by atoms with Gasteiger partial charge in [-0.05, 0) is 35.2 Å². The standard InChI is InChI=1S/C23H24O3/c1-26-21-14-12-20(13-15-21)23(25,19-10-6-3-7-11-19)22(16-17-24)18-8-4-2-5-9-18/h2-15,22,24-25H,16-17H2,1H3. The largest absolute Gasteiger partial charge is 0.497 e. The number of methoxy groups -OCH3 is 1. The number of hydrogen-bond donors (Lipinski definition) is 2. The lowest BCUT2D eigenvalue weighted by atomic mass is 9.71. The third-order valence-corrected chi connectivity index (χ3v) is 4.87. The second-order valence-electron chi connectivity index (χ2n) is 6.34. The molecule has 26 heavy (non-hydrogen) atoms. The third kappa shape index (κ3) is 3.50. The molecular weight excluding hydrogens is 324 g/mol. The Labute approximate surface area is 154 Å². The summed E-state index contributed by atoms with van der Waals surface area (Å²) < 4.78 is 5.26. The monoisotopic (exact) mass is 348 g/mol. The van der Waals surface area contributed by atoms with Crippen molar-refractivity contribution in [1.82, 2.24) is 0 Å². The lowest BCUT2D eigenvalue weighted by molar-refractivity contribution is 0.0393. The van der Waals surface area contributed by atoms with Crippen molar-refractivity contribution in [2.75, 3.05) is 13.7 Å². The molecule has 134 valence electrons. The van der Waals surface area contributed by atoms with E-state index in [-0.39, 0.29) is 12.5 Å². The van der Waals surface area contributed by atoms with Crippen LogP contribution in [-0.2, 0) is 5.60 Å². The van der Waals surface area contributed by atoms with E-state index in [1.165, 1.54) is 0 Å². The molecule has 0 spiro atoms. The summed E-state index contributed by atoms with van der Waals surface area (Å²) in [5.74, 6) is 0.451. The highest BCUT2D eigenvalue weighted by molar-refractivity contribution is 5.43. The molecule has 3 nitrogen and oxygen atoms in total. The Morgan fingerprint density at radius 2 is 1.35 bits per heavy atom. The molecule has 0 aliphatic rings. The third-order valence-electron chi connectivity index (χ3n) is 4.87. The molecule has 0 aliphatic heterocycles. The van der Waals surface area contributed by atoms with Crippen LogP contribution in [0.3, 0.4) is 0 Å². The van der Waals surface area contributed by atoms with Crippen molar-refractivity contribution in [2.45, 2.75) is 17.9 Å². The fourth-order valence-corrected chi connectivity index (χ4v) is 3.54. The van der Waals surface area contributed by atoms with Crippen LogP contribution in [0, 0.1) is 0 Å². The van der Waals surface area contributed by atoms with Crippen LogP contribution in [0.15, 0.2) is 84.9 Å². The van der Waals surface area contributed by atoms with Crippen LogP contribution >= 0.6 is 0 Å². The molecule has 2 N–H and O–H groups in total. The number of benzene rings is 3. The molecule has 3 aromatic rings. The Kier molecular flexibility index (Phi) is 5.71.